The molecule has 0 aliphatic heterocycles. The van der Waals surface area contributed by atoms with E-state index in [1.54, 1.807) is 0 Å². The van der Waals surface area contributed by atoms with Crippen molar-refractivity contribution in [3.63, 3.8) is 0 Å². The van der Waals surface area contributed by atoms with Crippen LogP contribution in [0.2, 0.25) is 0 Å². The molecule has 0 fully saturated rings. The van der Waals surface area contributed by atoms with Gasteiger partial charge in [0.2, 0.25) is 0 Å². The zero-order chi connectivity index (χ0) is 48.6. The zero-order valence-electron chi connectivity index (χ0n) is 44.6. The molecular formula is C65H76Cl2Zr-2. The minimum absolute atomic E-state index is 0. The van der Waals surface area contributed by atoms with Gasteiger partial charge in [0.1, 0.15) is 0 Å². The Morgan fingerprint density at radius 3 is 1.37 bits per heavy atom. The molecule has 8 rings (SSSR count). The van der Waals surface area contributed by atoms with Gasteiger partial charge < -0.3 is 24.8 Å². The number of benzene rings is 6. The minimum atomic E-state index is 0. The predicted molar refractivity (Wildman–Crippen MR) is 285 cm³/mol. The second-order valence-corrected chi connectivity index (χ2v) is 23.8. The fourth-order valence-corrected chi connectivity index (χ4v) is 10.6. The predicted octanol–water partition coefficient (Wildman–Crippen LogP) is 11.6. The quantitative estimate of drug-likeness (QED) is 0.151. The zero-order valence-corrected chi connectivity index (χ0v) is 48.5. The van der Waals surface area contributed by atoms with Gasteiger partial charge in [-0.25, -0.2) is 6.08 Å². The van der Waals surface area contributed by atoms with E-state index in [0.717, 1.165) is 6.42 Å². The first kappa shape index (κ1) is 56.7. The van der Waals surface area contributed by atoms with Crippen LogP contribution in [0.25, 0.3) is 33.4 Å². The third-order valence-corrected chi connectivity index (χ3v) is 14.8. The van der Waals surface area contributed by atoms with Crippen LogP contribution in [-0.2, 0) is 41.5 Å². The second-order valence-electron chi connectivity index (χ2n) is 22.5. The van der Waals surface area contributed by atoms with E-state index >= 15 is 0 Å². The van der Waals surface area contributed by atoms with Gasteiger partial charge in [0.05, 0.1) is 0 Å². The molecular weight excluding hydrogens is 943 g/mol. The fraction of sp³-hybridized carbons (Fsp3) is 0.369. The van der Waals surface area contributed by atoms with Crippen molar-refractivity contribution in [2.45, 2.75) is 148 Å². The van der Waals surface area contributed by atoms with Crippen molar-refractivity contribution in [2.75, 3.05) is 0 Å². The summed E-state index contributed by atoms with van der Waals surface area (Å²) < 4.78 is 1.42. The Morgan fingerprint density at radius 1 is 0.529 bits per heavy atom. The van der Waals surface area contributed by atoms with E-state index < -0.39 is 0 Å². The second kappa shape index (κ2) is 22.5. The van der Waals surface area contributed by atoms with Crippen molar-refractivity contribution in [1.29, 1.82) is 0 Å². The monoisotopic (exact) mass is 1020 g/mol. The molecule has 68 heavy (non-hydrogen) atoms. The van der Waals surface area contributed by atoms with E-state index in [0.29, 0.717) is 11.3 Å². The summed E-state index contributed by atoms with van der Waals surface area (Å²) in [7, 11) is 0. The van der Waals surface area contributed by atoms with Crippen molar-refractivity contribution >= 4 is 3.21 Å². The van der Waals surface area contributed by atoms with E-state index in [9.17, 15) is 0 Å². The molecule has 0 radical (unpaired) electrons. The first-order valence-corrected chi connectivity index (χ1v) is 25.5. The van der Waals surface area contributed by atoms with Gasteiger partial charge in [-0.05, 0) is 92.2 Å². The van der Waals surface area contributed by atoms with Crippen molar-refractivity contribution in [1.82, 2.24) is 0 Å². The maximum absolute atomic E-state index is 4.01. The molecule has 6 aromatic carbocycles. The van der Waals surface area contributed by atoms with Crippen LogP contribution in [0.15, 0.2) is 109 Å². The SMILES string of the molecule is CCC1[C-]=CC(C(C)(C)C)=C1.Cc1cc(C)c(-c2[c-]c3c(cc2C(C)(C)C)-c2cc(C(C)(C)C)c(-c4c(C)cc(C)cc4C)cc2C3)c(C)c1.Cc1ccc([C](=[Zr+2])c2ccc(C)cc2)cc1.[Cl-].[Cl-]. The molecule has 0 aromatic heterocycles. The minimum Gasteiger partial charge on any atom is -1.00 e. The first-order valence-electron chi connectivity index (χ1n) is 24.2. The Morgan fingerprint density at radius 2 is 0.971 bits per heavy atom. The van der Waals surface area contributed by atoms with Crippen LogP contribution in [0.5, 0.6) is 0 Å². The van der Waals surface area contributed by atoms with Crippen LogP contribution in [-0.4, -0.2) is 3.21 Å². The summed E-state index contributed by atoms with van der Waals surface area (Å²) in [4.78, 5) is 0. The van der Waals surface area contributed by atoms with Crippen LogP contribution in [0, 0.1) is 78.9 Å². The molecule has 0 amide bonds. The summed E-state index contributed by atoms with van der Waals surface area (Å²) in [5.41, 5.74) is 28.9. The van der Waals surface area contributed by atoms with Crippen LogP contribution in [0.4, 0.5) is 0 Å². The number of allylic oxidation sites excluding steroid dienone is 4. The summed E-state index contributed by atoms with van der Waals surface area (Å²) in [6.45, 7) is 40.7. The normalized spacial score (nSPS) is 13.8. The van der Waals surface area contributed by atoms with Gasteiger partial charge >= 0.3 is 112 Å². The number of aryl methyl sites for hydroxylation is 8. The Balaban J connectivity index is 0.000000284. The van der Waals surface area contributed by atoms with Gasteiger partial charge in [-0.2, -0.15) is 11.6 Å². The van der Waals surface area contributed by atoms with E-state index in [2.05, 4.69) is 240 Å². The van der Waals surface area contributed by atoms with Crippen molar-refractivity contribution < 1.29 is 49.0 Å². The Kier molecular flexibility index (Phi) is 18.7. The number of fused-ring (bicyclic) bond motifs is 3. The molecule has 356 valence electrons. The van der Waals surface area contributed by atoms with Crippen LogP contribution >= 0.6 is 0 Å². The molecule has 3 heteroatoms. The summed E-state index contributed by atoms with van der Waals surface area (Å²) in [5.74, 6) is 0.573. The molecule has 1 unspecified atom stereocenters. The van der Waals surface area contributed by atoms with Gasteiger partial charge in [0, 0.05) is 0 Å². The van der Waals surface area contributed by atoms with Crippen LogP contribution in [0.3, 0.4) is 0 Å². The van der Waals surface area contributed by atoms with Gasteiger partial charge in [0.15, 0.2) is 0 Å². The van der Waals surface area contributed by atoms with Crippen LogP contribution < -0.4 is 24.8 Å². The van der Waals surface area contributed by atoms with E-state index in [-0.39, 0.29) is 35.6 Å². The number of halogens is 2. The number of rotatable bonds is 5. The molecule has 0 nitrogen and oxygen atoms in total. The van der Waals surface area contributed by atoms with Gasteiger partial charge in [0.25, 0.3) is 0 Å². The van der Waals surface area contributed by atoms with E-state index in [4.69, 9.17) is 0 Å². The van der Waals surface area contributed by atoms with Gasteiger partial charge in [-0.1, -0.05) is 162 Å². The van der Waals surface area contributed by atoms with Crippen LogP contribution in [0.1, 0.15) is 154 Å². The molecule has 0 spiro atoms. The Bertz CT molecular complexity index is 2610. The number of hydrogen-bond donors (Lipinski definition) is 0. The van der Waals surface area contributed by atoms with E-state index in [1.165, 1.54) is 151 Å². The summed E-state index contributed by atoms with van der Waals surface area (Å²) in [6, 6.07) is 38.4. The average molecular weight is 1020 g/mol. The smallest absolute Gasteiger partial charge is 1.00 e. The topological polar surface area (TPSA) is 0 Å². The molecule has 0 N–H and O–H groups in total. The molecule has 1 atom stereocenters. The van der Waals surface area contributed by atoms with E-state index in [1.807, 2.05) is 0 Å². The molecule has 0 bridgehead atoms. The van der Waals surface area contributed by atoms with Crippen molar-refractivity contribution in [2.24, 2.45) is 11.3 Å². The molecule has 0 saturated carbocycles. The average Bonchev–Trinajstić information content (AvgIpc) is 3.85. The molecule has 6 aromatic rings. The third-order valence-electron chi connectivity index (χ3n) is 13.4. The number of hydrogen-bond acceptors (Lipinski definition) is 0. The Hall–Kier alpha value is -3.87. The van der Waals surface area contributed by atoms with Crippen molar-refractivity contribution in [3.05, 3.63) is 199 Å². The molecule has 2 aliphatic carbocycles. The standard InChI is InChI=1S/C39H45.C15H14.C11H17.2ClH.Zr/c1-22-13-24(3)36(25(4)14-22)32-18-28-17-29-19-33(37-26(5)15-23(2)16-27(37)6)35(39(10,11)12)21-31(29)30(28)20-34(32)38(7,8)9;1-12-3-7-14(8-4-12)11-15-9-5-13(2)6-10-15;1-5-9-6-7-10(8-9)11(2,3)4;;;/h13-16,18,20-21H,17H2,1-12H3;3-10H,1-2H3;7-9H,5H2,1-4H3;2*1H;/q-1;;-1;;;+2/p-2. The summed E-state index contributed by atoms with van der Waals surface area (Å²) in [6.07, 6.45) is 9.94. The first-order chi connectivity index (χ1) is 30.8. The molecule has 0 heterocycles. The fourth-order valence-electron chi connectivity index (χ4n) is 9.82. The maximum atomic E-state index is 4.01. The maximum Gasteiger partial charge on any atom is -1.00 e. The van der Waals surface area contributed by atoms with Gasteiger partial charge in [-0.15, -0.1) is 28.8 Å². The summed E-state index contributed by atoms with van der Waals surface area (Å²) in [5, 5.41) is 0. The molecule has 2 aliphatic rings. The largest absolute Gasteiger partial charge is 1.00 e. The third kappa shape index (κ3) is 13.1. The Labute approximate surface area is 440 Å². The van der Waals surface area contributed by atoms with Crippen molar-refractivity contribution in [3.8, 4) is 33.4 Å². The van der Waals surface area contributed by atoms with Gasteiger partial charge in [-0.3, -0.25) is 6.08 Å². The summed E-state index contributed by atoms with van der Waals surface area (Å²) >= 11 is 1.46. The molecule has 0 saturated heterocycles.